The van der Waals surface area contributed by atoms with Gasteiger partial charge in [-0.3, -0.25) is 0 Å². The highest BCUT2D eigenvalue weighted by Gasteiger charge is 2.05. The minimum atomic E-state index is 0.376. The van der Waals surface area contributed by atoms with E-state index >= 15 is 0 Å². The van der Waals surface area contributed by atoms with Crippen LogP contribution >= 0.6 is 23.4 Å². The molecule has 1 atom stereocenters. The van der Waals surface area contributed by atoms with Crippen molar-refractivity contribution in [2.24, 2.45) is 0 Å². The molecule has 0 aliphatic rings. The maximum Gasteiger partial charge on any atom is 0.165 e. The average Bonchev–Trinajstić information content (AvgIpc) is 2.61. The van der Waals surface area contributed by atoms with E-state index in [2.05, 4.69) is 28.7 Å². The van der Waals surface area contributed by atoms with Gasteiger partial charge in [0.05, 0.1) is 5.88 Å². The van der Waals surface area contributed by atoms with E-state index in [4.69, 9.17) is 11.6 Å². The molecule has 0 amide bonds. The largest absolute Gasteiger partial charge is 0.228 e. The van der Waals surface area contributed by atoms with Crippen LogP contribution in [0.4, 0.5) is 0 Å². The molecule has 6 heteroatoms. The second-order valence-corrected chi connectivity index (χ2v) is 4.33. The minimum absolute atomic E-state index is 0.376. The number of tetrazole rings is 1. The van der Waals surface area contributed by atoms with Crippen molar-refractivity contribution in [3.8, 4) is 0 Å². The summed E-state index contributed by atoms with van der Waals surface area (Å²) >= 11 is 7.50. The Morgan fingerprint density at radius 3 is 3.00 bits per heavy atom. The Balaban J connectivity index is 2.44. The van der Waals surface area contributed by atoms with Gasteiger partial charge in [-0.2, -0.15) is 11.8 Å². The van der Waals surface area contributed by atoms with E-state index in [0.29, 0.717) is 11.1 Å². The van der Waals surface area contributed by atoms with Crippen molar-refractivity contribution in [3.63, 3.8) is 0 Å². The van der Waals surface area contributed by atoms with Gasteiger partial charge in [-0.25, -0.2) is 4.68 Å². The number of aromatic nitrogens is 4. The average molecular weight is 221 g/mol. The second kappa shape index (κ2) is 5.44. The molecule has 1 unspecified atom stereocenters. The summed E-state index contributed by atoms with van der Waals surface area (Å²) in [4.78, 5) is 0. The number of rotatable bonds is 5. The quantitative estimate of drug-likeness (QED) is 0.707. The van der Waals surface area contributed by atoms with E-state index in [1.165, 1.54) is 0 Å². The first-order valence-electron chi connectivity index (χ1n) is 4.11. The van der Waals surface area contributed by atoms with Crippen LogP contribution in [0.15, 0.2) is 0 Å². The molecule has 0 aliphatic heterocycles. The van der Waals surface area contributed by atoms with E-state index in [-0.39, 0.29) is 0 Å². The fraction of sp³-hybridized carbons (Fsp3) is 0.857. The maximum absolute atomic E-state index is 5.65. The van der Waals surface area contributed by atoms with Crippen molar-refractivity contribution in [1.29, 1.82) is 0 Å². The SMILES string of the molecule is CSC(C)CCn1nnnc1CCl. The monoisotopic (exact) mass is 220 g/mol. The lowest BCUT2D eigenvalue weighted by Gasteiger charge is -2.07. The molecule has 0 fully saturated rings. The van der Waals surface area contributed by atoms with Gasteiger partial charge < -0.3 is 0 Å². The summed E-state index contributed by atoms with van der Waals surface area (Å²) in [6.45, 7) is 3.03. The third-order valence-corrected chi connectivity index (χ3v) is 3.15. The molecule has 1 aromatic rings. The molecule has 0 spiro atoms. The van der Waals surface area contributed by atoms with Crippen LogP contribution in [-0.2, 0) is 12.4 Å². The first kappa shape index (κ1) is 10.8. The molecule has 0 aliphatic carbocycles. The Morgan fingerprint density at radius 2 is 2.38 bits per heavy atom. The van der Waals surface area contributed by atoms with Crippen molar-refractivity contribution < 1.29 is 0 Å². The van der Waals surface area contributed by atoms with E-state index in [1.54, 1.807) is 4.68 Å². The van der Waals surface area contributed by atoms with Crippen LogP contribution in [0, 0.1) is 0 Å². The third kappa shape index (κ3) is 3.15. The predicted octanol–water partition coefficient (Wildman–Crippen LogP) is 1.55. The van der Waals surface area contributed by atoms with E-state index in [1.807, 2.05) is 11.8 Å². The van der Waals surface area contributed by atoms with E-state index < -0.39 is 0 Å². The topological polar surface area (TPSA) is 43.6 Å². The zero-order chi connectivity index (χ0) is 9.68. The summed E-state index contributed by atoms with van der Waals surface area (Å²) in [6.07, 6.45) is 3.17. The first-order chi connectivity index (χ1) is 6.27. The summed E-state index contributed by atoms with van der Waals surface area (Å²) in [7, 11) is 0. The van der Waals surface area contributed by atoms with Gasteiger partial charge in [0.2, 0.25) is 0 Å². The molecular weight excluding hydrogens is 208 g/mol. The Hall–Kier alpha value is -0.290. The van der Waals surface area contributed by atoms with Gasteiger partial charge >= 0.3 is 0 Å². The van der Waals surface area contributed by atoms with Crippen molar-refractivity contribution in [1.82, 2.24) is 20.2 Å². The van der Waals surface area contributed by atoms with Crippen LogP contribution in [0.3, 0.4) is 0 Å². The van der Waals surface area contributed by atoms with E-state index in [0.717, 1.165) is 18.8 Å². The summed E-state index contributed by atoms with van der Waals surface area (Å²) in [5.74, 6) is 1.12. The summed E-state index contributed by atoms with van der Waals surface area (Å²) in [5, 5.41) is 11.9. The van der Waals surface area contributed by atoms with Crippen LogP contribution in [0.1, 0.15) is 19.2 Å². The zero-order valence-corrected chi connectivity index (χ0v) is 9.35. The molecule has 1 rings (SSSR count). The zero-order valence-electron chi connectivity index (χ0n) is 7.77. The molecule has 74 valence electrons. The number of hydrogen-bond donors (Lipinski definition) is 0. The molecule has 0 radical (unpaired) electrons. The number of alkyl halides is 1. The van der Waals surface area contributed by atoms with Crippen molar-refractivity contribution in [3.05, 3.63) is 5.82 Å². The van der Waals surface area contributed by atoms with Crippen molar-refractivity contribution in [2.75, 3.05) is 6.26 Å². The molecule has 0 bridgehead atoms. The Bertz CT molecular complexity index is 252. The number of aryl methyl sites for hydroxylation is 1. The summed E-state index contributed by atoms with van der Waals surface area (Å²) in [6, 6.07) is 0. The van der Waals surface area contributed by atoms with E-state index in [9.17, 15) is 0 Å². The highest BCUT2D eigenvalue weighted by Crippen LogP contribution is 2.10. The van der Waals surface area contributed by atoms with Crippen LogP contribution in [0.25, 0.3) is 0 Å². The van der Waals surface area contributed by atoms with Crippen LogP contribution in [0.2, 0.25) is 0 Å². The number of hydrogen-bond acceptors (Lipinski definition) is 4. The van der Waals surface area contributed by atoms with Crippen molar-refractivity contribution >= 4 is 23.4 Å². The Kier molecular flexibility index (Phi) is 4.52. The molecule has 4 nitrogen and oxygen atoms in total. The summed E-state index contributed by atoms with van der Waals surface area (Å²) in [5.41, 5.74) is 0. The lowest BCUT2D eigenvalue weighted by molar-refractivity contribution is 0.545. The summed E-state index contributed by atoms with van der Waals surface area (Å²) < 4.78 is 1.76. The van der Waals surface area contributed by atoms with Gasteiger partial charge in [0.1, 0.15) is 0 Å². The lowest BCUT2D eigenvalue weighted by Crippen LogP contribution is -2.08. The molecule has 0 saturated heterocycles. The normalized spacial score (nSPS) is 13.2. The van der Waals surface area contributed by atoms with Gasteiger partial charge in [0.15, 0.2) is 5.82 Å². The Labute approximate surface area is 87.0 Å². The fourth-order valence-electron chi connectivity index (χ4n) is 0.915. The lowest BCUT2D eigenvalue weighted by atomic mass is 10.3. The molecule has 1 heterocycles. The van der Waals surface area contributed by atoms with Gasteiger partial charge in [-0.05, 0) is 23.1 Å². The Morgan fingerprint density at radius 1 is 1.62 bits per heavy atom. The van der Waals surface area contributed by atoms with Crippen LogP contribution < -0.4 is 0 Å². The minimum Gasteiger partial charge on any atom is -0.228 e. The highest BCUT2D eigenvalue weighted by atomic mass is 35.5. The van der Waals surface area contributed by atoms with Gasteiger partial charge in [0, 0.05) is 11.8 Å². The molecular formula is C7H13ClN4S. The predicted molar refractivity (Wildman–Crippen MR) is 55.0 cm³/mol. The fourth-order valence-corrected chi connectivity index (χ4v) is 1.45. The van der Waals surface area contributed by atoms with Gasteiger partial charge in [-0.15, -0.1) is 16.7 Å². The van der Waals surface area contributed by atoms with Crippen LogP contribution in [-0.4, -0.2) is 31.7 Å². The third-order valence-electron chi connectivity index (χ3n) is 1.88. The molecule has 13 heavy (non-hydrogen) atoms. The second-order valence-electron chi connectivity index (χ2n) is 2.79. The maximum atomic E-state index is 5.65. The highest BCUT2D eigenvalue weighted by molar-refractivity contribution is 7.99. The standard InChI is InChI=1S/C7H13ClN4S/c1-6(13-2)3-4-12-7(5-8)9-10-11-12/h6H,3-5H2,1-2H3. The molecule has 0 aromatic carbocycles. The molecule has 0 N–H and O–H groups in total. The van der Waals surface area contributed by atoms with Gasteiger partial charge in [0.25, 0.3) is 0 Å². The molecule has 1 aromatic heterocycles. The van der Waals surface area contributed by atoms with Crippen molar-refractivity contribution in [2.45, 2.75) is 31.0 Å². The smallest absolute Gasteiger partial charge is 0.165 e. The number of halogens is 1. The number of nitrogens with zero attached hydrogens (tertiary/aromatic N) is 4. The number of thioether (sulfide) groups is 1. The van der Waals surface area contributed by atoms with Crippen LogP contribution in [0.5, 0.6) is 0 Å². The molecule has 0 saturated carbocycles. The van der Waals surface area contributed by atoms with Gasteiger partial charge in [-0.1, -0.05) is 6.92 Å². The first-order valence-corrected chi connectivity index (χ1v) is 5.94.